The molecule has 0 fully saturated rings. The first-order chi connectivity index (χ1) is 5.31. The summed E-state index contributed by atoms with van der Waals surface area (Å²) in [5, 5.41) is 12.9. The van der Waals surface area contributed by atoms with Gasteiger partial charge in [0.25, 0.3) is 0 Å². The van der Waals surface area contributed by atoms with Crippen molar-refractivity contribution in [3.05, 3.63) is 0 Å². The summed E-state index contributed by atoms with van der Waals surface area (Å²) in [5.41, 5.74) is 0. The predicted octanol–water partition coefficient (Wildman–Crippen LogP) is 1.31. The Balaban J connectivity index is 2.95. The number of guanidine groups is 1. The molecule has 0 aliphatic rings. The van der Waals surface area contributed by atoms with Gasteiger partial charge in [-0.25, -0.2) is 0 Å². The highest BCUT2D eigenvalue weighted by atomic mass is 15.1. The summed E-state index contributed by atoms with van der Waals surface area (Å²) in [7, 11) is 1.75. The van der Waals surface area contributed by atoms with E-state index in [4.69, 9.17) is 5.41 Å². The molecule has 0 radical (unpaired) electrons. The molecule has 0 amide bonds. The van der Waals surface area contributed by atoms with E-state index >= 15 is 0 Å². The number of rotatable bonds is 5. The Bertz CT molecular complexity index is 102. The molecule has 11 heavy (non-hydrogen) atoms. The lowest BCUT2D eigenvalue weighted by molar-refractivity contribution is 0.649. The highest BCUT2D eigenvalue weighted by Crippen LogP contribution is 1.96. The zero-order valence-electron chi connectivity index (χ0n) is 7.54. The van der Waals surface area contributed by atoms with E-state index in [1.165, 1.54) is 19.3 Å². The lowest BCUT2D eigenvalue weighted by Gasteiger charge is -2.05. The zero-order valence-corrected chi connectivity index (χ0v) is 7.54. The van der Waals surface area contributed by atoms with Crippen molar-refractivity contribution in [3.8, 4) is 0 Å². The average molecular weight is 157 g/mol. The summed E-state index contributed by atoms with van der Waals surface area (Å²) < 4.78 is 0. The fourth-order valence-electron chi connectivity index (χ4n) is 0.854. The maximum Gasteiger partial charge on any atom is 0.188 e. The van der Waals surface area contributed by atoms with Gasteiger partial charge in [0, 0.05) is 13.6 Å². The van der Waals surface area contributed by atoms with Crippen molar-refractivity contribution >= 4 is 5.96 Å². The van der Waals surface area contributed by atoms with Crippen LogP contribution in [0.3, 0.4) is 0 Å². The number of hydrogen-bond donors (Lipinski definition) is 3. The van der Waals surface area contributed by atoms with Crippen LogP contribution in [0.1, 0.15) is 32.6 Å². The van der Waals surface area contributed by atoms with E-state index in [-0.39, 0.29) is 0 Å². The minimum absolute atomic E-state index is 0.418. The molecule has 0 saturated heterocycles. The lowest BCUT2D eigenvalue weighted by atomic mass is 10.2. The molecule has 0 rings (SSSR count). The molecule has 0 atom stereocenters. The molecular formula is C8H19N3. The van der Waals surface area contributed by atoms with Crippen LogP contribution in [0.4, 0.5) is 0 Å². The van der Waals surface area contributed by atoms with Crippen LogP contribution in [0.25, 0.3) is 0 Å². The van der Waals surface area contributed by atoms with E-state index in [9.17, 15) is 0 Å². The minimum atomic E-state index is 0.418. The van der Waals surface area contributed by atoms with Crippen molar-refractivity contribution in [3.63, 3.8) is 0 Å². The van der Waals surface area contributed by atoms with Gasteiger partial charge in [0.05, 0.1) is 0 Å². The van der Waals surface area contributed by atoms with Crippen molar-refractivity contribution in [1.82, 2.24) is 10.6 Å². The van der Waals surface area contributed by atoms with Gasteiger partial charge in [0.1, 0.15) is 0 Å². The summed E-state index contributed by atoms with van der Waals surface area (Å²) in [6, 6.07) is 0. The fraction of sp³-hybridized carbons (Fsp3) is 0.875. The van der Waals surface area contributed by atoms with Crippen molar-refractivity contribution in [2.24, 2.45) is 0 Å². The van der Waals surface area contributed by atoms with Gasteiger partial charge in [-0.15, -0.1) is 0 Å². The molecule has 0 saturated carbocycles. The van der Waals surface area contributed by atoms with Crippen LogP contribution in [0, 0.1) is 5.41 Å². The first-order valence-corrected chi connectivity index (χ1v) is 4.31. The third-order valence-corrected chi connectivity index (χ3v) is 1.58. The Kier molecular flexibility index (Phi) is 6.89. The van der Waals surface area contributed by atoms with E-state index in [0.717, 1.165) is 13.0 Å². The van der Waals surface area contributed by atoms with E-state index < -0.39 is 0 Å². The van der Waals surface area contributed by atoms with Crippen LogP contribution in [-0.2, 0) is 0 Å². The van der Waals surface area contributed by atoms with Crippen LogP contribution in [0.2, 0.25) is 0 Å². The fourth-order valence-corrected chi connectivity index (χ4v) is 0.854. The van der Waals surface area contributed by atoms with E-state index in [2.05, 4.69) is 17.6 Å². The van der Waals surface area contributed by atoms with Crippen molar-refractivity contribution in [2.75, 3.05) is 13.6 Å². The smallest absolute Gasteiger partial charge is 0.188 e. The Morgan fingerprint density at radius 1 is 1.27 bits per heavy atom. The molecule has 0 aromatic heterocycles. The normalized spacial score (nSPS) is 9.27. The van der Waals surface area contributed by atoms with Crippen LogP contribution >= 0.6 is 0 Å². The first kappa shape index (κ1) is 10.3. The largest absolute Gasteiger partial charge is 0.360 e. The molecule has 3 heteroatoms. The molecule has 66 valence electrons. The molecule has 0 aliphatic heterocycles. The predicted molar refractivity (Wildman–Crippen MR) is 48.9 cm³/mol. The van der Waals surface area contributed by atoms with Gasteiger partial charge in [-0.2, -0.15) is 0 Å². The second-order valence-corrected chi connectivity index (χ2v) is 2.61. The average Bonchev–Trinajstić information content (AvgIpc) is 2.04. The quantitative estimate of drug-likeness (QED) is 0.320. The molecule has 3 N–H and O–H groups in total. The van der Waals surface area contributed by atoms with Gasteiger partial charge in [-0.3, -0.25) is 5.41 Å². The Morgan fingerprint density at radius 2 is 2.00 bits per heavy atom. The summed E-state index contributed by atoms with van der Waals surface area (Å²) in [5.74, 6) is 0.418. The highest BCUT2D eigenvalue weighted by molar-refractivity contribution is 5.75. The molecule has 0 spiro atoms. The molecule has 0 aliphatic carbocycles. The Hall–Kier alpha value is -0.730. The number of hydrogen-bond acceptors (Lipinski definition) is 1. The lowest BCUT2D eigenvalue weighted by Crippen LogP contribution is -2.34. The van der Waals surface area contributed by atoms with Crippen LogP contribution in [0.5, 0.6) is 0 Å². The summed E-state index contributed by atoms with van der Waals surface area (Å²) >= 11 is 0. The van der Waals surface area contributed by atoms with Gasteiger partial charge in [0.15, 0.2) is 5.96 Å². The second kappa shape index (κ2) is 7.38. The molecule has 0 aromatic rings. The molecular weight excluding hydrogens is 138 g/mol. The van der Waals surface area contributed by atoms with Crippen molar-refractivity contribution < 1.29 is 0 Å². The number of unbranched alkanes of at least 4 members (excludes halogenated alkanes) is 3. The van der Waals surface area contributed by atoms with Crippen LogP contribution in [-0.4, -0.2) is 19.6 Å². The van der Waals surface area contributed by atoms with Gasteiger partial charge in [-0.05, 0) is 6.42 Å². The molecule has 0 bridgehead atoms. The van der Waals surface area contributed by atoms with Crippen LogP contribution < -0.4 is 10.6 Å². The zero-order chi connectivity index (χ0) is 8.53. The van der Waals surface area contributed by atoms with Crippen molar-refractivity contribution in [2.45, 2.75) is 32.6 Å². The number of nitrogens with one attached hydrogen (secondary N) is 3. The van der Waals surface area contributed by atoms with Gasteiger partial charge in [-0.1, -0.05) is 26.2 Å². The molecule has 0 unspecified atom stereocenters. The summed E-state index contributed by atoms with van der Waals surface area (Å²) in [6.45, 7) is 3.11. The molecule has 0 aromatic carbocycles. The maximum absolute atomic E-state index is 7.20. The summed E-state index contributed by atoms with van der Waals surface area (Å²) in [4.78, 5) is 0. The standard InChI is InChI=1S/C8H19N3/c1-3-4-5-6-7-11-8(9)10-2/h3-7H2,1-2H3,(H3,9,10,11). The van der Waals surface area contributed by atoms with E-state index in [1.807, 2.05) is 0 Å². The van der Waals surface area contributed by atoms with E-state index in [1.54, 1.807) is 7.05 Å². The SMILES string of the molecule is CCCCCCNC(=N)NC. The van der Waals surface area contributed by atoms with Gasteiger partial charge in [0.2, 0.25) is 0 Å². The van der Waals surface area contributed by atoms with Crippen LogP contribution in [0.15, 0.2) is 0 Å². The van der Waals surface area contributed by atoms with Gasteiger partial charge >= 0.3 is 0 Å². The Labute approximate surface area is 69.1 Å². The Morgan fingerprint density at radius 3 is 2.55 bits per heavy atom. The summed E-state index contributed by atoms with van der Waals surface area (Å²) in [6.07, 6.45) is 5.00. The third kappa shape index (κ3) is 7.16. The van der Waals surface area contributed by atoms with E-state index in [0.29, 0.717) is 5.96 Å². The third-order valence-electron chi connectivity index (χ3n) is 1.58. The molecule has 3 nitrogen and oxygen atoms in total. The van der Waals surface area contributed by atoms with Gasteiger partial charge < -0.3 is 10.6 Å². The topological polar surface area (TPSA) is 47.9 Å². The minimum Gasteiger partial charge on any atom is -0.360 e. The first-order valence-electron chi connectivity index (χ1n) is 4.31. The highest BCUT2D eigenvalue weighted by Gasteiger charge is 1.89. The molecule has 0 heterocycles. The maximum atomic E-state index is 7.20. The monoisotopic (exact) mass is 157 g/mol. The van der Waals surface area contributed by atoms with Crippen molar-refractivity contribution in [1.29, 1.82) is 5.41 Å². The second-order valence-electron chi connectivity index (χ2n) is 2.61.